The molecule has 15 heavy (non-hydrogen) atoms. The Morgan fingerprint density at radius 3 is 2.60 bits per heavy atom. The van der Waals surface area contributed by atoms with Crippen molar-refractivity contribution in [2.75, 3.05) is 25.1 Å². The molecule has 1 aliphatic heterocycles. The van der Waals surface area contributed by atoms with Crippen molar-refractivity contribution in [2.24, 2.45) is 0 Å². The first-order chi connectivity index (χ1) is 6.79. The van der Waals surface area contributed by atoms with E-state index in [0.29, 0.717) is 0 Å². The Balaban J connectivity index is 2.57. The Hall–Kier alpha value is -0.660. The largest absolute Gasteiger partial charge is 0.480 e. The molecule has 0 aromatic heterocycles. The molecule has 0 aromatic carbocycles. The summed E-state index contributed by atoms with van der Waals surface area (Å²) in [6, 6.07) is -0.762. The van der Waals surface area contributed by atoms with Gasteiger partial charge in [0.05, 0.1) is 11.9 Å². The fourth-order valence-electron chi connectivity index (χ4n) is 1.67. The molecule has 1 rings (SSSR count). The predicted octanol–water partition coefficient (Wildman–Crippen LogP) is -1.45. The lowest BCUT2D eigenvalue weighted by Crippen LogP contribution is -2.38. The van der Waals surface area contributed by atoms with Crippen molar-refractivity contribution < 1.29 is 23.4 Å². The van der Waals surface area contributed by atoms with Gasteiger partial charge >= 0.3 is 5.97 Å². The summed E-state index contributed by atoms with van der Waals surface area (Å²) in [5.41, 5.74) is 0. The molecule has 0 spiro atoms. The number of carboxylic acid groups (broad SMARTS) is 1. The Labute approximate surface area is 88.4 Å². The van der Waals surface area contributed by atoms with Gasteiger partial charge < -0.3 is 10.2 Å². The highest BCUT2D eigenvalue weighted by molar-refractivity contribution is 7.90. The molecule has 0 aromatic rings. The molecule has 6 nitrogen and oxygen atoms in total. The average Bonchev–Trinajstić information content (AvgIpc) is 2.42. The van der Waals surface area contributed by atoms with E-state index in [9.17, 15) is 18.3 Å². The van der Waals surface area contributed by atoms with Crippen molar-refractivity contribution in [1.82, 2.24) is 4.90 Å². The van der Waals surface area contributed by atoms with Crippen molar-refractivity contribution in [3.8, 4) is 0 Å². The van der Waals surface area contributed by atoms with Crippen LogP contribution in [0.2, 0.25) is 0 Å². The number of β-amino-alcohol motifs (C(OH)–C–C–N with tert-alkyl or cyclic N) is 1. The second-order valence-electron chi connectivity index (χ2n) is 3.87. The van der Waals surface area contributed by atoms with Crippen LogP contribution >= 0.6 is 0 Å². The summed E-state index contributed by atoms with van der Waals surface area (Å²) >= 11 is 0. The number of aliphatic hydroxyl groups excluding tert-OH is 1. The molecule has 0 bridgehead atoms. The van der Waals surface area contributed by atoms with Crippen molar-refractivity contribution in [3.05, 3.63) is 0 Å². The zero-order chi connectivity index (χ0) is 11.6. The predicted molar refractivity (Wildman–Crippen MR) is 53.3 cm³/mol. The number of hydrogen-bond donors (Lipinski definition) is 2. The molecular formula is C8H15NO5S. The lowest BCUT2D eigenvalue weighted by molar-refractivity contribution is -0.142. The zero-order valence-electron chi connectivity index (χ0n) is 8.46. The average molecular weight is 237 g/mol. The van der Waals surface area contributed by atoms with Crippen LogP contribution in [0.25, 0.3) is 0 Å². The van der Waals surface area contributed by atoms with Gasteiger partial charge in [0.25, 0.3) is 0 Å². The molecule has 0 saturated carbocycles. The minimum atomic E-state index is -3.09. The fourth-order valence-corrected chi connectivity index (χ4v) is 2.23. The number of sulfone groups is 1. The lowest BCUT2D eigenvalue weighted by atomic mass is 10.2. The molecular weight excluding hydrogens is 222 g/mol. The highest BCUT2D eigenvalue weighted by Gasteiger charge is 2.35. The maximum absolute atomic E-state index is 10.9. The van der Waals surface area contributed by atoms with Crippen LogP contribution in [-0.4, -0.2) is 66.7 Å². The number of carbonyl (C=O) groups is 1. The molecule has 1 fully saturated rings. The Morgan fingerprint density at radius 2 is 2.13 bits per heavy atom. The van der Waals surface area contributed by atoms with Crippen LogP contribution in [0.1, 0.15) is 6.42 Å². The summed E-state index contributed by atoms with van der Waals surface area (Å²) in [6.45, 7) is 0.388. The maximum atomic E-state index is 10.9. The second kappa shape index (κ2) is 4.46. The van der Waals surface area contributed by atoms with Gasteiger partial charge in [-0.1, -0.05) is 0 Å². The summed E-state index contributed by atoms with van der Waals surface area (Å²) < 4.78 is 21.8. The van der Waals surface area contributed by atoms with Crippen LogP contribution in [0.15, 0.2) is 0 Å². The minimum absolute atomic E-state index is 0.0799. The first-order valence-corrected chi connectivity index (χ1v) is 6.68. The highest BCUT2D eigenvalue weighted by Crippen LogP contribution is 2.17. The number of rotatable bonds is 4. The Bertz CT molecular complexity index is 339. The third kappa shape index (κ3) is 3.77. The Morgan fingerprint density at radius 1 is 1.53 bits per heavy atom. The first-order valence-electron chi connectivity index (χ1n) is 4.62. The number of carboxylic acids is 1. The van der Waals surface area contributed by atoms with E-state index in [0.717, 1.165) is 6.26 Å². The van der Waals surface area contributed by atoms with Gasteiger partial charge in [0.1, 0.15) is 15.9 Å². The standard InChI is InChI=1S/C8H15NO5S/c1-15(13,14)3-2-9-5-6(10)4-7(9)8(11)12/h6-7,10H,2-5H2,1H3,(H,11,12). The first kappa shape index (κ1) is 12.4. The topological polar surface area (TPSA) is 94.9 Å². The van der Waals surface area contributed by atoms with E-state index in [1.165, 1.54) is 4.90 Å². The van der Waals surface area contributed by atoms with Crippen LogP contribution in [0.5, 0.6) is 0 Å². The molecule has 2 unspecified atom stereocenters. The fraction of sp³-hybridized carbons (Fsp3) is 0.875. The third-order valence-corrected chi connectivity index (χ3v) is 3.34. The highest BCUT2D eigenvalue weighted by atomic mass is 32.2. The number of aliphatic carboxylic acids is 1. The minimum Gasteiger partial charge on any atom is -0.480 e. The normalized spacial score (nSPS) is 28.1. The van der Waals surface area contributed by atoms with E-state index in [2.05, 4.69) is 0 Å². The lowest BCUT2D eigenvalue weighted by Gasteiger charge is -2.19. The number of nitrogens with zero attached hydrogens (tertiary/aromatic N) is 1. The summed E-state index contributed by atoms with van der Waals surface area (Å²) in [6.07, 6.45) is 0.597. The number of aliphatic hydroxyl groups is 1. The second-order valence-corrected chi connectivity index (χ2v) is 6.13. The molecule has 1 saturated heterocycles. The van der Waals surface area contributed by atoms with Crippen LogP contribution < -0.4 is 0 Å². The molecule has 0 radical (unpaired) electrons. The van der Waals surface area contributed by atoms with Crippen molar-refractivity contribution >= 4 is 15.8 Å². The molecule has 0 aliphatic carbocycles. The molecule has 88 valence electrons. The summed E-state index contributed by atoms with van der Waals surface area (Å²) in [5, 5.41) is 18.1. The number of likely N-dealkylation sites (tertiary alicyclic amines) is 1. The van der Waals surface area contributed by atoms with Gasteiger partial charge in [0.2, 0.25) is 0 Å². The van der Waals surface area contributed by atoms with Gasteiger partial charge in [-0.05, 0) is 0 Å². The van der Waals surface area contributed by atoms with Crippen molar-refractivity contribution in [3.63, 3.8) is 0 Å². The molecule has 7 heteroatoms. The van der Waals surface area contributed by atoms with Crippen molar-refractivity contribution in [1.29, 1.82) is 0 Å². The molecule has 1 aliphatic rings. The van der Waals surface area contributed by atoms with E-state index in [1.807, 2.05) is 0 Å². The van der Waals surface area contributed by atoms with Gasteiger partial charge in [0, 0.05) is 25.8 Å². The summed E-state index contributed by atoms with van der Waals surface area (Å²) in [7, 11) is -3.09. The van der Waals surface area contributed by atoms with Crippen LogP contribution in [0.4, 0.5) is 0 Å². The molecule has 2 atom stereocenters. The maximum Gasteiger partial charge on any atom is 0.321 e. The van der Waals surface area contributed by atoms with Gasteiger partial charge in [-0.25, -0.2) is 8.42 Å². The number of hydrogen-bond acceptors (Lipinski definition) is 5. The summed E-state index contributed by atoms with van der Waals surface area (Å²) in [5.74, 6) is -1.09. The molecule has 1 heterocycles. The quantitative estimate of drug-likeness (QED) is 0.621. The van der Waals surface area contributed by atoms with Gasteiger partial charge in [-0.15, -0.1) is 0 Å². The zero-order valence-corrected chi connectivity index (χ0v) is 9.27. The van der Waals surface area contributed by atoms with E-state index < -0.39 is 28.0 Å². The monoisotopic (exact) mass is 237 g/mol. The molecule has 2 N–H and O–H groups in total. The van der Waals surface area contributed by atoms with E-state index in [4.69, 9.17) is 5.11 Å². The van der Waals surface area contributed by atoms with E-state index >= 15 is 0 Å². The van der Waals surface area contributed by atoms with E-state index in [1.54, 1.807) is 0 Å². The molecule has 0 amide bonds. The van der Waals surface area contributed by atoms with Crippen molar-refractivity contribution in [2.45, 2.75) is 18.6 Å². The van der Waals surface area contributed by atoms with E-state index in [-0.39, 0.29) is 25.3 Å². The van der Waals surface area contributed by atoms with Crippen LogP contribution in [0.3, 0.4) is 0 Å². The van der Waals surface area contributed by atoms with Crippen LogP contribution in [0, 0.1) is 0 Å². The van der Waals surface area contributed by atoms with Gasteiger partial charge in [0.15, 0.2) is 0 Å². The Kier molecular flexibility index (Phi) is 3.69. The summed E-state index contributed by atoms with van der Waals surface area (Å²) in [4.78, 5) is 12.3. The van der Waals surface area contributed by atoms with Crippen LogP contribution in [-0.2, 0) is 14.6 Å². The van der Waals surface area contributed by atoms with Gasteiger partial charge in [-0.2, -0.15) is 0 Å². The third-order valence-electron chi connectivity index (χ3n) is 2.42. The van der Waals surface area contributed by atoms with Gasteiger partial charge in [-0.3, -0.25) is 9.69 Å². The smallest absolute Gasteiger partial charge is 0.321 e. The SMILES string of the molecule is CS(=O)(=O)CCN1CC(O)CC1C(=O)O.